The molecule has 0 spiro atoms. The summed E-state index contributed by atoms with van der Waals surface area (Å²) in [7, 11) is 0. The van der Waals surface area contributed by atoms with Crippen LogP contribution >= 0.6 is 0 Å². The highest BCUT2D eigenvalue weighted by molar-refractivity contribution is 5.76. The van der Waals surface area contributed by atoms with Crippen molar-refractivity contribution in [3.8, 4) is 0 Å². The number of hydrogen-bond donors (Lipinski definition) is 2. The van der Waals surface area contributed by atoms with Gasteiger partial charge in [-0.1, -0.05) is 0 Å². The zero-order valence-electron chi connectivity index (χ0n) is 8.04. The summed E-state index contributed by atoms with van der Waals surface area (Å²) in [4.78, 5) is 12.9. The van der Waals surface area contributed by atoms with Crippen LogP contribution in [-0.4, -0.2) is 36.5 Å². The highest BCUT2D eigenvalue weighted by atomic mass is 16.1. The van der Waals surface area contributed by atoms with Crippen LogP contribution in [-0.2, 0) is 4.79 Å². The Morgan fingerprint density at radius 2 is 2.31 bits per heavy atom. The van der Waals surface area contributed by atoms with Crippen molar-refractivity contribution in [3.63, 3.8) is 0 Å². The molecule has 4 N–H and O–H groups in total. The van der Waals surface area contributed by atoms with E-state index in [1.165, 1.54) is 12.8 Å². The first-order chi connectivity index (χ1) is 6.24. The number of rotatable bonds is 5. The quantitative estimate of drug-likeness (QED) is 0.616. The topological polar surface area (TPSA) is 72.3 Å². The second-order valence-corrected chi connectivity index (χ2v) is 3.66. The predicted octanol–water partition coefficient (Wildman–Crippen LogP) is -0.325. The summed E-state index contributed by atoms with van der Waals surface area (Å²) in [6.45, 7) is 2.16. The van der Waals surface area contributed by atoms with Crippen molar-refractivity contribution in [2.45, 2.75) is 31.7 Å². The number of primary amides is 1. The van der Waals surface area contributed by atoms with Gasteiger partial charge in [-0.25, -0.2) is 0 Å². The van der Waals surface area contributed by atoms with Crippen molar-refractivity contribution in [1.29, 1.82) is 0 Å². The van der Waals surface area contributed by atoms with Crippen LogP contribution < -0.4 is 11.5 Å². The van der Waals surface area contributed by atoms with Crippen molar-refractivity contribution in [3.05, 3.63) is 0 Å². The minimum absolute atomic E-state index is 0.223. The molecule has 0 aromatic heterocycles. The van der Waals surface area contributed by atoms with Crippen molar-refractivity contribution >= 4 is 5.91 Å². The monoisotopic (exact) mass is 185 g/mol. The maximum atomic E-state index is 10.7. The summed E-state index contributed by atoms with van der Waals surface area (Å²) in [6, 6.07) is 0.538. The van der Waals surface area contributed by atoms with Crippen LogP contribution in [0, 0.1) is 0 Å². The largest absolute Gasteiger partial charge is 0.369 e. The van der Waals surface area contributed by atoms with Crippen molar-refractivity contribution < 1.29 is 4.79 Å². The van der Waals surface area contributed by atoms with E-state index in [1.807, 2.05) is 0 Å². The van der Waals surface area contributed by atoms with E-state index >= 15 is 0 Å². The lowest BCUT2D eigenvalue weighted by Crippen LogP contribution is -2.37. The van der Waals surface area contributed by atoms with Crippen LogP contribution in [0.15, 0.2) is 0 Å². The summed E-state index contributed by atoms with van der Waals surface area (Å²) < 4.78 is 0. The molecule has 1 heterocycles. The molecule has 1 fully saturated rings. The maximum absolute atomic E-state index is 10.7. The highest BCUT2D eigenvalue weighted by Gasteiger charge is 2.24. The third-order valence-corrected chi connectivity index (χ3v) is 2.60. The van der Waals surface area contributed by atoms with Gasteiger partial charge in [0.25, 0.3) is 0 Å². The molecule has 1 saturated heterocycles. The molecule has 0 saturated carbocycles. The fraction of sp³-hybridized carbons (Fsp3) is 0.889. The fourth-order valence-electron chi connectivity index (χ4n) is 1.98. The molecule has 4 nitrogen and oxygen atoms in total. The third kappa shape index (κ3) is 3.32. The van der Waals surface area contributed by atoms with Crippen LogP contribution in [0.2, 0.25) is 0 Å². The summed E-state index contributed by atoms with van der Waals surface area (Å²) in [5.74, 6) is -0.223. The van der Waals surface area contributed by atoms with Crippen LogP contribution in [0.3, 0.4) is 0 Å². The van der Waals surface area contributed by atoms with E-state index in [-0.39, 0.29) is 5.91 Å². The first-order valence-electron chi connectivity index (χ1n) is 4.96. The molecule has 1 unspecified atom stereocenters. The summed E-state index contributed by atoms with van der Waals surface area (Å²) >= 11 is 0. The molecule has 0 aromatic rings. The average molecular weight is 185 g/mol. The van der Waals surface area contributed by atoms with Gasteiger partial charge in [0.2, 0.25) is 5.91 Å². The second kappa shape index (κ2) is 5.19. The first-order valence-corrected chi connectivity index (χ1v) is 4.96. The number of hydrogen-bond acceptors (Lipinski definition) is 3. The number of carbonyl (C=O) groups is 1. The molecule has 1 atom stereocenters. The molecule has 0 aromatic carbocycles. The normalized spacial score (nSPS) is 23.6. The minimum atomic E-state index is -0.223. The second-order valence-electron chi connectivity index (χ2n) is 3.66. The van der Waals surface area contributed by atoms with Crippen molar-refractivity contribution in [2.75, 3.05) is 19.6 Å². The van der Waals surface area contributed by atoms with Gasteiger partial charge in [0.05, 0.1) is 6.54 Å². The van der Waals surface area contributed by atoms with Gasteiger partial charge in [0, 0.05) is 6.04 Å². The molecule has 1 rings (SSSR count). The Morgan fingerprint density at radius 3 is 2.92 bits per heavy atom. The number of likely N-dealkylation sites (tertiary alicyclic amines) is 1. The molecule has 4 heteroatoms. The highest BCUT2D eigenvalue weighted by Crippen LogP contribution is 2.20. The van der Waals surface area contributed by atoms with E-state index in [9.17, 15) is 4.79 Å². The Balaban J connectivity index is 2.30. The van der Waals surface area contributed by atoms with Gasteiger partial charge in [0.15, 0.2) is 0 Å². The van der Waals surface area contributed by atoms with Gasteiger partial charge in [-0.05, 0) is 38.8 Å². The van der Waals surface area contributed by atoms with Gasteiger partial charge < -0.3 is 11.5 Å². The van der Waals surface area contributed by atoms with Gasteiger partial charge >= 0.3 is 0 Å². The molecule has 76 valence electrons. The summed E-state index contributed by atoms with van der Waals surface area (Å²) in [6.07, 6.45) is 4.51. The van der Waals surface area contributed by atoms with Crippen LogP contribution in [0.5, 0.6) is 0 Å². The predicted molar refractivity (Wildman–Crippen MR) is 52.1 cm³/mol. The number of carbonyl (C=O) groups excluding carboxylic acids is 1. The van der Waals surface area contributed by atoms with Gasteiger partial charge in [-0.15, -0.1) is 0 Å². The zero-order valence-corrected chi connectivity index (χ0v) is 8.04. The number of nitrogens with zero attached hydrogens (tertiary/aromatic N) is 1. The molecule has 0 aliphatic carbocycles. The third-order valence-electron chi connectivity index (χ3n) is 2.60. The Morgan fingerprint density at radius 1 is 1.54 bits per heavy atom. The smallest absolute Gasteiger partial charge is 0.231 e. The lowest BCUT2D eigenvalue weighted by atomic mass is 10.1. The lowest BCUT2D eigenvalue weighted by Gasteiger charge is -2.22. The standard InChI is InChI=1S/C9H19N3O/c10-5-1-3-8-4-2-6-12(8)7-9(11)13/h8H,1-7,10H2,(H2,11,13). The Kier molecular flexibility index (Phi) is 4.18. The summed E-state index contributed by atoms with van der Waals surface area (Å²) in [5.41, 5.74) is 10.6. The first kappa shape index (κ1) is 10.5. The number of amides is 1. The van der Waals surface area contributed by atoms with Gasteiger partial charge in [0.1, 0.15) is 0 Å². The van der Waals surface area contributed by atoms with Crippen molar-refractivity contribution in [2.24, 2.45) is 11.5 Å². The van der Waals surface area contributed by atoms with Gasteiger partial charge in [-0.2, -0.15) is 0 Å². The van der Waals surface area contributed by atoms with E-state index in [0.717, 1.165) is 25.9 Å². The van der Waals surface area contributed by atoms with Crippen LogP contribution in [0.1, 0.15) is 25.7 Å². The molecule has 1 aliphatic heterocycles. The summed E-state index contributed by atoms with van der Waals surface area (Å²) in [5, 5.41) is 0. The Hall–Kier alpha value is -0.610. The van der Waals surface area contributed by atoms with E-state index in [2.05, 4.69) is 4.90 Å². The van der Waals surface area contributed by atoms with E-state index in [4.69, 9.17) is 11.5 Å². The average Bonchev–Trinajstić information content (AvgIpc) is 2.48. The van der Waals surface area contributed by atoms with Gasteiger partial charge in [-0.3, -0.25) is 9.69 Å². The fourth-order valence-corrected chi connectivity index (χ4v) is 1.98. The van der Waals surface area contributed by atoms with E-state index in [1.54, 1.807) is 0 Å². The molecule has 0 bridgehead atoms. The van der Waals surface area contributed by atoms with Crippen LogP contribution in [0.25, 0.3) is 0 Å². The molecule has 13 heavy (non-hydrogen) atoms. The Bertz CT molecular complexity index is 172. The zero-order chi connectivity index (χ0) is 9.68. The molecule has 1 amide bonds. The molecular weight excluding hydrogens is 166 g/mol. The molecule has 0 radical (unpaired) electrons. The molecular formula is C9H19N3O. The SMILES string of the molecule is NCCCC1CCCN1CC(N)=O. The maximum Gasteiger partial charge on any atom is 0.231 e. The van der Waals surface area contributed by atoms with Crippen molar-refractivity contribution in [1.82, 2.24) is 4.90 Å². The van der Waals surface area contributed by atoms with Crippen LogP contribution in [0.4, 0.5) is 0 Å². The number of nitrogens with two attached hydrogens (primary N) is 2. The Labute approximate surface area is 79.3 Å². The van der Waals surface area contributed by atoms with E-state index < -0.39 is 0 Å². The van der Waals surface area contributed by atoms with E-state index in [0.29, 0.717) is 12.6 Å². The molecule has 1 aliphatic rings. The minimum Gasteiger partial charge on any atom is -0.369 e. The lowest BCUT2D eigenvalue weighted by molar-refractivity contribution is -0.119.